The van der Waals surface area contributed by atoms with Crippen LogP contribution in [0.5, 0.6) is 5.75 Å². The highest BCUT2D eigenvalue weighted by atomic mass is 16.5. The quantitative estimate of drug-likeness (QED) is 0.725. The summed E-state index contributed by atoms with van der Waals surface area (Å²) in [6.07, 6.45) is 6.35. The van der Waals surface area contributed by atoms with Crippen molar-refractivity contribution < 1.29 is 4.74 Å². The Morgan fingerprint density at radius 3 is 2.58 bits per heavy atom. The molecule has 0 radical (unpaired) electrons. The van der Waals surface area contributed by atoms with Crippen molar-refractivity contribution in [3.63, 3.8) is 0 Å². The molecule has 0 bridgehead atoms. The zero-order valence-corrected chi connectivity index (χ0v) is 15.0. The smallest absolute Gasteiger partial charge is 0.154 e. The van der Waals surface area contributed by atoms with Crippen LogP contribution in [0.2, 0.25) is 0 Å². The van der Waals surface area contributed by atoms with E-state index in [0.717, 1.165) is 43.3 Å². The Morgan fingerprint density at radius 1 is 1.04 bits per heavy atom. The number of aromatic nitrogens is 3. The lowest BCUT2D eigenvalue weighted by Crippen LogP contribution is -2.47. The molecule has 6 nitrogen and oxygen atoms in total. The SMILES string of the molecule is COc1ccccc1N1CCN(c2nccn3nc(C4CC4)cc23)CC1. The van der Waals surface area contributed by atoms with E-state index in [1.165, 1.54) is 24.2 Å². The largest absolute Gasteiger partial charge is 0.495 e. The zero-order chi connectivity index (χ0) is 17.5. The van der Waals surface area contributed by atoms with Crippen molar-refractivity contribution in [2.45, 2.75) is 18.8 Å². The Balaban J connectivity index is 1.38. The molecule has 2 fully saturated rings. The van der Waals surface area contributed by atoms with Crippen LogP contribution in [0.3, 0.4) is 0 Å². The lowest BCUT2D eigenvalue weighted by atomic mass is 10.2. The molecule has 1 aromatic carbocycles. The summed E-state index contributed by atoms with van der Waals surface area (Å²) in [5.74, 6) is 2.64. The van der Waals surface area contributed by atoms with E-state index in [-0.39, 0.29) is 0 Å². The minimum Gasteiger partial charge on any atom is -0.495 e. The van der Waals surface area contributed by atoms with Gasteiger partial charge in [-0.2, -0.15) is 5.10 Å². The Kier molecular flexibility index (Phi) is 3.69. The molecule has 1 saturated heterocycles. The molecule has 0 spiro atoms. The highest BCUT2D eigenvalue weighted by Crippen LogP contribution is 2.40. The van der Waals surface area contributed by atoms with Crippen molar-refractivity contribution >= 4 is 17.0 Å². The Labute approximate surface area is 153 Å². The van der Waals surface area contributed by atoms with Crippen LogP contribution in [0.25, 0.3) is 5.52 Å². The van der Waals surface area contributed by atoms with Crippen LogP contribution in [-0.4, -0.2) is 47.9 Å². The fourth-order valence-electron chi connectivity index (χ4n) is 3.80. The van der Waals surface area contributed by atoms with Crippen LogP contribution in [0.15, 0.2) is 42.7 Å². The van der Waals surface area contributed by atoms with Crippen LogP contribution in [0.4, 0.5) is 11.5 Å². The van der Waals surface area contributed by atoms with Gasteiger partial charge in [0.05, 0.1) is 18.5 Å². The third-order valence-corrected chi connectivity index (χ3v) is 5.39. The Morgan fingerprint density at radius 2 is 1.81 bits per heavy atom. The summed E-state index contributed by atoms with van der Waals surface area (Å²) in [5, 5.41) is 4.74. The first-order chi connectivity index (χ1) is 12.8. The minimum absolute atomic E-state index is 0.658. The topological polar surface area (TPSA) is 45.9 Å². The van der Waals surface area contributed by atoms with Crippen LogP contribution in [-0.2, 0) is 0 Å². The van der Waals surface area contributed by atoms with E-state index in [0.29, 0.717) is 5.92 Å². The van der Waals surface area contributed by atoms with Gasteiger partial charge in [-0.15, -0.1) is 0 Å². The fraction of sp³-hybridized carbons (Fsp3) is 0.400. The van der Waals surface area contributed by atoms with Gasteiger partial charge < -0.3 is 14.5 Å². The number of piperazine rings is 1. The molecular formula is C20H23N5O. The Bertz CT molecular complexity index is 925. The summed E-state index contributed by atoms with van der Waals surface area (Å²) in [4.78, 5) is 9.44. The summed E-state index contributed by atoms with van der Waals surface area (Å²) in [6.45, 7) is 3.78. The van der Waals surface area contributed by atoms with E-state index in [4.69, 9.17) is 9.84 Å². The third kappa shape index (κ3) is 2.66. The van der Waals surface area contributed by atoms with Gasteiger partial charge in [0.2, 0.25) is 0 Å². The first-order valence-corrected chi connectivity index (χ1v) is 9.30. The van der Waals surface area contributed by atoms with Gasteiger partial charge in [0.25, 0.3) is 0 Å². The maximum atomic E-state index is 5.52. The highest BCUT2D eigenvalue weighted by molar-refractivity contribution is 5.70. The predicted octanol–water partition coefficient (Wildman–Crippen LogP) is 2.94. The molecule has 134 valence electrons. The van der Waals surface area contributed by atoms with Gasteiger partial charge in [-0.1, -0.05) is 12.1 Å². The van der Waals surface area contributed by atoms with Crippen molar-refractivity contribution in [1.82, 2.24) is 14.6 Å². The van der Waals surface area contributed by atoms with Gasteiger partial charge in [-0.25, -0.2) is 9.50 Å². The number of ether oxygens (including phenoxy) is 1. The lowest BCUT2D eigenvalue weighted by molar-refractivity contribution is 0.413. The predicted molar refractivity (Wildman–Crippen MR) is 102 cm³/mol. The number of benzene rings is 1. The van der Waals surface area contributed by atoms with Crippen LogP contribution in [0, 0.1) is 0 Å². The molecule has 2 aliphatic rings. The summed E-state index contributed by atoms with van der Waals surface area (Å²) in [5.41, 5.74) is 3.51. The summed E-state index contributed by atoms with van der Waals surface area (Å²) < 4.78 is 7.51. The first-order valence-electron chi connectivity index (χ1n) is 9.30. The van der Waals surface area contributed by atoms with E-state index in [1.54, 1.807) is 7.11 Å². The molecule has 0 N–H and O–H groups in total. The number of fused-ring (bicyclic) bond motifs is 1. The monoisotopic (exact) mass is 349 g/mol. The number of para-hydroxylation sites is 2. The first kappa shape index (κ1) is 15.5. The van der Waals surface area contributed by atoms with Gasteiger partial charge in [0.1, 0.15) is 11.3 Å². The molecule has 1 aliphatic carbocycles. The van der Waals surface area contributed by atoms with E-state index >= 15 is 0 Å². The van der Waals surface area contributed by atoms with Gasteiger partial charge in [0, 0.05) is 44.5 Å². The number of hydrogen-bond donors (Lipinski definition) is 0. The maximum Gasteiger partial charge on any atom is 0.154 e. The molecule has 0 amide bonds. The second-order valence-electron chi connectivity index (χ2n) is 7.07. The average molecular weight is 349 g/mol. The molecule has 0 atom stereocenters. The average Bonchev–Trinajstić information content (AvgIpc) is 3.46. The third-order valence-electron chi connectivity index (χ3n) is 5.39. The summed E-state index contributed by atoms with van der Waals surface area (Å²) in [7, 11) is 1.73. The van der Waals surface area contributed by atoms with E-state index < -0.39 is 0 Å². The molecule has 2 aromatic heterocycles. The molecule has 6 heteroatoms. The van der Waals surface area contributed by atoms with Crippen LogP contribution >= 0.6 is 0 Å². The fourth-order valence-corrected chi connectivity index (χ4v) is 3.80. The minimum atomic E-state index is 0.658. The molecule has 1 aliphatic heterocycles. The summed E-state index contributed by atoms with van der Waals surface area (Å²) >= 11 is 0. The number of methoxy groups -OCH3 is 1. The van der Waals surface area contributed by atoms with E-state index in [2.05, 4.69) is 33.0 Å². The standard InChI is InChI=1S/C20H23N5O/c1-26-19-5-3-2-4-17(19)23-10-12-24(13-11-23)20-18-14-16(15-6-7-15)22-25(18)9-8-21-20/h2-5,8-9,14-15H,6-7,10-13H2,1H3. The van der Waals surface area contributed by atoms with Gasteiger partial charge >= 0.3 is 0 Å². The van der Waals surface area contributed by atoms with Crippen molar-refractivity contribution in [3.8, 4) is 5.75 Å². The zero-order valence-electron chi connectivity index (χ0n) is 15.0. The number of rotatable bonds is 4. The molecule has 1 saturated carbocycles. The molecule has 26 heavy (non-hydrogen) atoms. The van der Waals surface area contributed by atoms with Gasteiger partial charge in [-0.3, -0.25) is 0 Å². The van der Waals surface area contributed by atoms with E-state index in [1.807, 2.05) is 29.0 Å². The lowest BCUT2D eigenvalue weighted by Gasteiger charge is -2.37. The molecule has 3 aromatic rings. The van der Waals surface area contributed by atoms with Crippen molar-refractivity contribution in [2.75, 3.05) is 43.1 Å². The number of hydrogen-bond acceptors (Lipinski definition) is 5. The number of anilines is 2. The molecule has 3 heterocycles. The van der Waals surface area contributed by atoms with Gasteiger partial charge in [-0.05, 0) is 31.0 Å². The highest BCUT2D eigenvalue weighted by Gasteiger charge is 2.28. The number of nitrogens with zero attached hydrogens (tertiary/aromatic N) is 5. The molecule has 5 rings (SSSR count). The van der Waals surface area contributed by atoms with Crippen molar-refractivity contribution in [2.24, 2.45) is 0 Å². The normalized spacial score (nSPS) is 17.7. The molecular weight excluding hydrogens is 326 g/mol. The molecule has 0 unspecified atom stereocenters. The van der Waals surface area contributed by atoms with Gasteiger partial charge in [0.15, 0.2) is 5.82 Å². The maximum absolute atomic E-state index is 5.52. The van der Waals surface area contributed by atoms with Crippen molar-refractivity contribution in [1.29, 1.82) is 0 Å². The second-order valence-corrected chi connectivity index (χ2v) is 7.07. The van der Waals surface area contributed by atoms with Crippen molar-refractivity contribution in [3.05, 3.63) is 48.4 Å². The second kappa shape index (κ2) is 6.20. The van der Waals surface area contributed by atoms with E-state index in [9.17, 15) is 0 Å². The van der Waals surface area contributed by atoms with Crippen LogP contribution < -0.4 is 14.5 Å². The summed E-state index contributed by atoms with van der Waals surface area (Å²) in [6, 6.07) is 10.5. The Hall–Kier alpha value is -2.76. The van der Waals surface area contributed by atoms with Crippen LogP contribution in [0.1, 0.15) is 24.5 Å².